The Bertz CT molecular complexity index is 1130. The molecular formula is C80H162O4. The normalized spacial score (nSPS) is 13.0. The first-order valence-corrected chi connectivity index (χ1v) is 40.2. The Hall–Kier alpha value is -0.160. The first-order chi connectivity index (χ1) is 41.7. The van der Waals surface area contributed by atoms with Crippen molar-refractivity contribution >= 4 is 0 Å². The molecule has 0 aromatic carbocycles. The smallest absolute Gasteiger partial charge is 0.310 e. The van der Waals surface area contributed by atoms with Crippen molar-refractivity contribution in [2.45, 2.75) is 490 Å². The summed E-state index contributed by atoms with van der Waals surface area (Å²) in [5, 5.41) is 0. The molecule has 506 valence electrons. The SMILES string of the molecule is CCCCCCCCCCCCCCCCCOC(OCCCCCCCCCCCCCCC)(OCCCCCCCCCCCCCCCC)C(CCCCCCCCCCCCCCCC)OCCCCCCCCCCCCCC. The van der Waals surface area contributed by atoms with Crippen molar-refractivity contribution in [1.82, 2.24) is 0 Å². The molecule has 0 saturated heterocycles. The monoisotopic (exact) mass is 1190 g/mol. The van der Waals surface area contributed by atoms with Crippen LogP contribution < -0.4 is 0 Å². The lowest BCUT2D eigenvalue weighted by Crippen LogP contribution is -2.52. The number of unbranched alkanes of at least 4 members (excludes halogenated alkanes) is 63. The van der Waals surface area contributed by atoms with E-state index in [2.05, 4.69) is 34.6 Å². The molecule has 0 heterocycles. The van der Waals surface area contributed by atoms with Crippen LogP contribution in [0.2, 0.25) is 0 Å². The third kappa shape index (κ3) is 64.8. The van der Waals surface area contributed by atoms with Crippen molar-refractivity contribution < 1.29 is 18.9 Å². The topological polar surface area (TPSA) is 36.9 Å². The van der Waals surface area contributed by atoms with Gasteiger partial charge in [-0.25, -0.2) is 0 Å². The van der Waals surface area contributed by atoms with Crippen LogP contribution in [-0.2, 0) is 18.9 Å². The van der Waals surface area contributed by atoms with E-state index in [1.165, 1.54) is 405 Å². The maximum atomic E-state index is 7.20. The lowest BCUT2D eigenvalue weighted by atomic mass is 10.0. The molecule has 0 amide bonds. The van der Waals surface area contributed by atoms with Gasteiger partial charge < -0.3 is 18.9 Å². The van der Waals surface area contributed by atoms with Crippen molar-refractivity contribution in [1.29, 1.82) is 0 Å². The van der Waals surface area contributed by atoms with Crippen molar-refractivity contribution in [2.75, 3.05) is 26.4 Å². The van der Waals surface area contributed by atoms with Crippen molar-refractivity contribution in [3.8, 4) is 0 Å². The molecule has 2 unspecified atom stereocenters. The summed E-state index contributed by atoms with van der Waals surface area (Å²) in [6.07, 6.45) is 93.9. The largest absolute Gasteiger partial charge is 0.370 e. The molecule has 0 saturated carbocycles. The van der Waals surface area contributed by atoms with Crippen LogP contribution in [0, 0.1) is 0 Å². The second-order valence-electron chi connectivity index (χ2n) is 27.6. The van der Waals surface area contributed by atoms with Gasteiger partial charge in [-0.3, -0.25) is 0 Å². The van der Waals surface area contributed by atoms with Gasteiger partial charge in [0.25, 0.3) is 0 Å². The second kappa shape index (κ2) is 75.3. The molecule has 0 N–H and O–H groups in total. The average molecular weight is 1190 g/mol. The molecular weight excluding hydrogens is 1020 g/mol. The highest BCUT2D eigenvalue weighted by Crippen LogP contribution is 2.31. The van der Waals surface area contributed by atoms with Crippen LogP contribution in [0.5, 0.6) is 0 Å². The molecule has 0 aromatic rings. The van der Waals surface area contributed by atoms with Crippen LogP contribution in [0.1, 0.15) is 478 Å². The molecule has 0 aliphatic heterocycles. The van der Waals surface area contributed by atoms with E-state index in [1.807, 2.05) is 0 Å². The Kier molecular flexibility index (Phi) is 75.2. The highest BCUT2D eigenvalue weighted by atomic mass is 16.9. The van der Waals surface area contributed by atoms with Gasteiger partial charge in [0.2, 0.25) is 0 Å². The van der Waals surface area contributed by atoms with Gasteiger partial charge in [-0.05, 0) is 32.1 Å². The van der Waals surface area contributed by atoms with Gasteiger partial charge in [0, 0.05) is 6.61 Å². The van der Waals surface area contributed by atoms with Gasteiger partial charge in [-0.15, -0.1) is 0 Å². The first kappa shape index (κ1) is 83.8. The lowest BCUT2D eigenvalue weighted by Gasteiger charge is -2.39. The zero-order valence-corrected chi connectivity index (χ0v) is 59.3. The molecule has 0 bridgehead atoms. The van der Waals surface area contributed by atoms with Crippen molar-refractivity contribution in [2.24, 2.45) is 0 Å². The molecule has 84 heavy (non-hydrogen) atoms. The third-order valence-corrected chi connectivity index (χ3v) is 18.9. The van der Waals surface area contributed by atoms with Crippen LogP contribution >= 0.6 is 0 Å². The molecule has 2 atom stereocenters. The molecule has 0 fully saturated rings. The quantitative estimate of drug-likeness (QED) is 0.0449. The van der Waals surface area contributed by atoms with Crippen LogP contribution in [0.15, 0.2) is 0 Å². The van der Waals surface area contributed by atoms with E-state index < -0.39 is 5.97 Å². The number of rotatable bonds is 78. The number of ether oxygens (including phenoxy) is 4. The highest BCUT2D eigenvalue weighted by molar-refractivity contribution is 4.75. The zero-order valence-electron chi connectivity index (χ0n) is 59.3. The number of hydrogen-bond donors (Lipinski definition) is 0. The average Bonchev–Trinajstić information content (AvgIpc) is 3.52. The fourth-order valence-electron chi connectivity index (χ4n) is 13.0. The van der Waals surface area contributed by atoms with E-state index in [4.69, 9.17) is 18.9 Å². The fraction of sp³-hybridized carbons (Fsp3) is 1.00. The minimum atomic E-state index is -1.11. The molecule has 0 aliphatic carbocycles. The van der Waals surface area contributed by atoms with E-state index in [0.717, 1.165) is 45.1 Å². The van der Waals surface area contributed by atoms with Crippen LogP contribution in [0.3, 0.4) is 0 Å². The molecule has 0 aromatic heterocycles. The van der Waals surface area contributed by atoms with E-state index in [0.29, 0.717) is 19.8 Å². The molecule has 0 radical (unpaired) electrons. The summed E-state index contributed by atoms with van der Waals surface area (Å²) in [6.45, 7) is 14.5. The third-order valence-electron chi connectivity index (χ3n) is 18.9. The number of hydrogen-bond acceptors (Lipinski definition) is 4. The minimum absolute atomic E-state index is 0.188. The summed E-state index contributed by atoms with van der Waals surface area (Å²) >= 11 is 0. The molecule has 4 heteroatoms. The zero-order chi connectivity index (χ0) is 60.5. The van der Waals surface area contributed by atoms with Crippen molar-refractivity contribution in [3.63, 3.8) is 0 Å². The van der Waals surface area contributed by atoms with Crippen LogP contribution in [0.25, 0.3) is 0 Å². The Labute approximate surface area is 532 Å². The predicted octanol–water partition coefficient (Wildman–Crippen LogP) is 29.1. The minimum Gasteiger partial charge on any atom is -0.370 e. The first-order valence-electron chi connectivity index (χ1n) is 40.2. The second-order valence-corrected chi connectivity index (χ2v) is 27.6. The Balaban J connectivity index is 5.89. The van der Waals surface area contributed by atoms with Gasteiger partial charge in [-0.1, -0.05) is 446 Å². The summed E-state index contributed by atoms with van der Waals surface area (Å²) in [6, 6.07) is 0. The van der Waals surface area contributed by atoms with Gasteiger partial charge in [0.05, 0.1) is 19.8 Å². The fourth-order valence-corrected chi connectivity index (χ4v) is 13.0. The van der Waals surface area contributed by atoms with Gasteiger partial charge >= 0.3 is 5.97 Å². The predicted molar refractivity (Wildman–Crippen MR) is 377 cm³/mol. The lowest BCUT2D eigenvalue weighted by molar-refractivity contribution is -0.419. The Morgan fingerprint density at radius 2 is 0.310 bits per heavy atom. The van der Waals surface area contributed by atoms with E-state index in [-0.39, 0.29) is 6.10 Å². The van der Waals surface area contributed by atoms with Crippen molar-refractivity contribution in [3.05, 3.63) is 0 Å². The maximum absolute atomic E-state index is 7.20. The standard InChI is InChI=1S/C80H162O4/c1-6-11-16-21-26-31-36-41-44-48-53-58-63-68-73-78-84-80(82-76-71-66-61-56-51-46-39-34-29-24-19-14-9-4,83-77-72-67-62-57-52-47-43-38-33-28-23-18-13-8-3)79(81-75-70-65-60-55-50-40-35-30-25-20-15-10-5)74-69-64-59-54-49-45-42-37-32-27-22-17-12-7-2/h79H,6-78H2,1-5H3. The Morgan fingerprint density at radius 1 is 0.167 bits per heavy atom. The Morgan fingerprint density at radius 3 is 0.488 bits per heavy atom. The molecule has 0 rings (SSSR count). The summed E-state index contributed by atoms with van der Waals surface area (Å²) in [7, 11) is 0. The highest BCUT2D eigenvalue weighted by Gasteiger charge is 2.44. The molecule has 0 aliphatic rings. The summed E-state index contributed by atoms with van der Waals surface area (Å²) in [5.74, 6) is -1.11. The summed E-state index contributed by atoms with van der Waals surface area (Å²) < 4.78 is 28.8. The van der Waals surface area contributed by atoms with Gasteiger partial charge in [-0.2, -0.15) is 0 Å². The van der Waals surface area contributed by atoms with Gasteiger partial charge in [0.15, 0.2) is 0 Å². The van der Waals surface area contributed by atoms with Crippen LogP contribution in [0.4, 0.5) is 0 Å². The maximum Gasteiger partial charge on any atom is 0.310 e. The summed E-state index contributed by atoms with van der Waals surface area (Å²) in [5.41, 5.74) is 0. The van der Waals surface area contributed by atoms with Crippen LogP contribution in [-0.4, -0.2) is 38.5 Å². The van der Waals surface area contributed by atoms with Gasteiger partial charge in [0.1, 0.15) is 6.10 Å². The molecule has 0 spiro atoms. The van der Waals surface area contributed by atoms with E-state index in [1.54, 1.807) is 0 Å². The van der Waals surface area contributed by atoms with E-state index >= 15 is 0 Å². The van der Waals surface area contributed by atoms with E-state index in [9.17, 15) is 0 Å². The molecule has 4 nitrogen and oxygen atoms in total. The summed E-state index contributed by atoms with van der Waals surface area (Å²) in [4.78, 5) is 0.